The third-order valence-electron chi connectivity index (χ3n) is 2.98. The number of aromatic nitrogens is 3. The van der Waals surface area contributed by atoms with Crippen LogP contribution in [0.3, 0.4) is 0 Å². The van der Waals surface area contributed by atoms with Crippen molar-refractivity contribution in [3.05, 3.63) is 41.0 Å². The number of rotatable bonds is 6. The van der Waals surface area contributed by atoms with Gasteiger partial charge in [-0.05, 0) is 24.8 Å². The summed E-state index contributed by atoms with van der Waals surface area (Å²) in [5, 5.41) is 8.72. The standard InChI is InChI=1S/C14H17N5S/c1-2-15-12-10-19-8-7-17-14(19)13(18-12)16-6-5-11-4-3-9-20-11/h3-4,7-10,15H,2,5-6H2,1H3,(H,16,18). The van der Waals surface area contributed by atoms with E-state index >= 15 is 0 Å². The van der Waals surface area contributed by atoms with Crippen molar-refractivity contribution in [1.82, 2.24) is 14.4 Å². The number of fused-ring (bicyclic) bond motifs is 1. The number of nitrogens with zero attached hydrogens (tertiary/aromatic N) is 3. The van der Waals surface area contributed by atoms with Crippen molar-refractivity contribution in [2.24, 2.45) is 0 Å². The smallest absolute Gasteiger partial charge is 0.180 e. The van der Waals surface area contributed by atoms with E-state index in [1.54, 1.807) is 17.5 Å². The minimum Gasteiger partial charge on any atom is -0.369 e. The van der Waals surface area contributed by atoms with Crippen LogP contribution in [-0.4, -0.2) is 27.5 Å². The number of hydrogen-bond donors (Lipinski definition) is 2. The van der Waals surface area contributed by atoms with Crippen molar-refractivity contribution in [2.45, 2.75) is 13.3 Å². The van der Waals surface area contributed by atoms with Gasteiger partial charge in [-0.1, -0.05) is 6.07 Å². The molecule has 2 N–H and O–H groups in total. The molecule has 0 amide bonds. The number of nitrogens with one attached hydrogen (secondary N) is 2. The fourth-order valence-electron chi connectivity index (χ4n) is 2.08. The van der Waals surface area contributed by atoms with Gasteiger partial charge in [-0.3, -0.25) is 0 Å². The average molecular weight is 287 g/mol. The van der Waals surface area contributed by atoms with E-state index in [0.717, 1.165) is 36.8 Å². The molecule has 104 valence electrons. The van der Waals surface area contributed by atoms with Gasteiger partial charge in [-0.15, -0.1) is 11.3 Å². The molecular weight excluding hydrogens is 270 g/mol. The molecule has 0 unspecified atom stereocenters. The number of imidazole rings is 1. The van der Waals surface area contributed by atoms with E-state index in [1.807, 2.05) is 16.8 Å². The first-order chi connectivity index (χ1) is 9.86. The molecule has 5 nitrogen and oxygen atoms in total. The SMILES string of the molecule is CCNc1cn2ccnc2c(NCCc2cccs2)n1. The largest absolute Gasteiger partial charge is 0.369 e. The van der Waals surface area contributed by atoms with Gasteiger partial charge in [0.25, 0.3) is 0 Å². The lowest BCUT2D eigenvalue weighted by molar-refractivity contribution is 1.01. The van der Waals surface area contributed by atoms with Crippen LogP contribution in [0.1, 0.15) is 11.8 Å². The predicted octanol–water partition coefficient (Wildman–Crippen LogP) is 2.88. The second-order valence-corrected chi connectivity index (χ2v) is 5.45. The molecule has 3 rings (SSSR count). The van der Waals surface area contributed by atoms with E-state index in [0.29, 0.717) is 0 Å². The van der Waals surface area contributed by atoms with Gasteiger partial charge in [0.1, 0.15) is 5.82 Å². The van der Waals surface area contributed by atoms with Crippen molar-refractivity contribution in [2.75, 3.05) is 23.7 Å². The molecule has 0 aliphatic rings. The Morgan fingerprint density at radius 3 is 3.10 bits per heavy atom. The molecule has 0 aromatic carbocycles. The maximum Gasteiger partial charge on any atom is 0.180 e. The van der Waals surface area contributed by atoms with E-state index in [1.165, 1.54) is 4.88 Å². The highest BCUT2D eigenvalue weighted by Gasteiger charge is 2.06. The van der Waals surface area contributed by atoms with Crippen LogP contribution in [0.5, 0.6) is 0 Å². The lowest BCUT2D eigenvalue weighted by Crippen LogP contribution is -2.09. The van der Waals surface area contributed by atoms with Crippen LogP contribution in [0.25, 0.3) is 5.65 Å². The van der Waals surface area contributed by atoms with E-state index < -0.39 is 0 Å². The molecule has 0 bridgehead atoms. The summed E-state index contributed by atoms with van der Waals surface area (Å²) < 4.78 is 1.98. The molecule has 3 aromatic rings. The first kappa shape index (κ1) is 12.9. The van der Waals surface area contributed by atoms with Crippen molar-refractivity contribution >= 4 is 28.6 Å². The zero-order chi connectivity index (χ0) is 13.8. The lowest BCUT2D eigenvalue weighted by Gasteiger charge is -2.09. The minimum absolute atomic E-state index is 0.824. The molecule has 3 aromatic heterocycles. The Labute approximate surface area is 121 Å². The predicted molar refractivity (Wildman–Crippen MR) is 83.7 cm³/mol. The number of hydrogen-bond acceptors (Lipinski definition) is 5. The molecule has 0 radical (unpaired) electrons. The average Bonchev–Trinajstić information content (AvgIpc) is 3.09. The van der Waals surface area contributed by atoms with Crippen molar-refractivity contribution < 1.29 is 0 Å². The summed E-state index contributed by atoms with van der Waals surface area (Å²) in [5.74, 6) is 1.68. The summed E-state index contributed by atoms with van der Waals surface area (Å²) in [6.07, 6.45) is 6.67. The number of anilines is 2. The van der Waals surface area contributed by atoms with Crippen molar-refractivity contribution in [1.29, 1.82) is 0 Å². The molecule has 0 aliphatic heterocycles. The summed E-state index contributed by atoms with van der Waals surface area (Å²) in [6, 6.07) is 4.23. The van der Waals surface area contributed by atoms with Crippen molar-refractivity contribution in [3.8, 4) is 0 Å². The van der Waals surface area contributed by atoms with Gasteiger partial charge in [-0.25, -0.2) is 9.97 Å². The Hall–Kier alpha value is -2.08. The van der Waals surface area contributed by atoms with E-state index in [-0.39, 0.29) is 0 Å². The highest BCUT2D eigenvalue weighted by molar-refractivity contribution is 7.09. The monoisotopic (exact) mass is 287 g/mol. The normalized spacial score (nSPS) is 10.8. The van der Waals surface area contributed by atoms with Crippen LogP contribution in [0.15, 0.2) is 36.1 Å². The third kappa shape index (κ3) is 2.75. The summed E-state index contributed by atoms with van der Waals surface area (Å²) >= 11 is 1.78. The van der Waals surface area contributed by atoms with Crippen molar-refractivity contribution in [3.63, 3.8) is 0 Å². The fourth-order valence-corrected chi connectivity index (χ4v) is 2.78. The Balaban J connectivity index is 1.76. The van der Waals surface area contributed by atoms with Gasteiger partial charge >= 0.3 is 0 Å². The summed E-state index contributed by atoms with van der Waals surface area (Å²) in [6.45, 7) is 3.76. The summed E-state index contributed by atoms with van der Waals surface area (Å²) in [7, 11) is 0. The van der Waals surface area contributed by atoms with Crippen LogP contribution in [0.4, 0.5) is 11.6 Å². The van der Waals surface area contributed by atoms with Crippen LogP contribution in [-0.2, 0) is 6.42 Å². The van der Waals surface area contributed by atoms with Crippen LogP contribution >= 0.6 is 11.3 Å². The molecule has 0 saturated carbocycles. The van der Waals surface area contributed by atoms with Gasteiger partial charge < -0.3 is 15.0 Å². The highest BCUT2D eigenvalue weighted by atomic mass is 32.1. The Morgan fingerprint density at radius 1 is 1.35 bits per heavy atom. The zero-order valence-electron chi connectivity index (χ0n) is 11.3. The van der Waals surface area contributed by atoms with Gasteiger partial charge in [0, 0.05) is 30.4 Å². The quantitative estimate of drug-likeness (QED) is 0.732. The summed E-state index contributed by atoms with van der Waals surface area (Å²) in [5.41, 5.74) is 0.859. The first-order valence-corrected chi connectivity index (χ1v) is 7.58. The van der Waals surface area contributed by atoms with E-state index in [2.05, 4.69) is 45.0 Å². The van der Waals surface area contributed by atoms with E-state index in [9.17, 15) is 0 Å². The highest BCUT2D eigenvalue weighted by Crippen LogP contribution is 2.17. The Bertz CT molecular complexity index is 674. The van der Waals surface area contributed by atoms with Gasteiger partial charge in [0.05, 0.1) is 6.20 Å². The van der Waals surface area contributed by atoms with Gasteiger partial charge in [-0.2, -0.15) is 0 Å². The molecule has 0 fully saturated rings. The molecule has 0 atom stereocenters. The maximum atomic E-state index is 4.58. The molecular formula is C14H17N5S. The topological polar surface area (TPSA) is 54.2 Å². The maximum absolute atomic E-state index is 4.58. The zero-order valence-corrected chi connectivity index (χ0v) is 12.2. The Morgan fingerprint density at radius 2 is 2.30 bits per heavy atom. The molecule has 6 heteroatoms. The Kier molecular flexibility index (Phi) is 3.83. The molecule has 0 aliphatic carbocycles. The van der Waals surface area contributed by atoms with Gasteiger partial charge in [0.2, 0.25) is 0 Å². The molecule has 0 spiro atoms. The van der Waals surface area contributed by atoms with E-state index in [4.69, 9.17) is 0 Å². The van der Waals surface area contributed by atoms with Crippen LogP contribution < -0.4 is 10.6 Å². The van der Waals surface area contributed by atoms with Crippen LogP contribution in [0.2, 0.25) is 0 Å². The fraction of sp³-hybridized carbons (Fsp3) is 0.286. The molecule has 20 heavy (non-hydrogen) atoms. The second-order valence-electron chi connectivity index (χ2n) is 4.42. The van der Waals surface area contributed by atoms with Crippen LogP contribution in [0, 0.1) is 0 Å². The van der Waals surface area contributed by atoms with Gasteiger partial charge in [0.15, 0.2) is 11.5 Å². The molecule has 3 heterocycles. The molecule has 0 saturated heterocycles. The number of thiophene rings is 1. The lowest BCUT2D eigenvalue weighted by atomic mass is 10.3. The first-order valence-electron chi connectivity index (χ1n) is 6.70. The minimum atomic E-state index is 0.824. The summed E-state index contributed by atoms with van der Waals surface area (Å²) in [4.78, 5) is 10.3. The third-order valence-corrected chi connectivity index (χ3v) is 3.91. The second kappa shape index (κ2) is 5.92.